The Morgan fingerprint density at radius 1 is 1.35 bits per heavy atom. The predicted molar refractivity (Wildman–Crippen MR) is 65.3 cm³/mol. The maximum Gasteiger partial charge on any atom is 0.246 e. The highest BCUT2D eigenvalue weighted by molar-refractivity contribution is 5.97. The van der Waals surface area contributed by atoms with E-state index in [0.29, 0.717) is 18.4 Å². The fourth-order valence-electron chi connectivity index (χ4n) is 2.59. The zero-order chi connectivity index (χ0) is 12.6. The summed E-state index contributed by atoms with van der Waals surface area (Å²) in [6.45, 7) is 6.12. The molecule has 2 atom stereocenters. The van der Waals surface area contributed by atoms with E-state index in [1.165, 1.54) is 0 Å². The fourth-order valence-corrected chi connectivity index (χ4v) is 2.59. The minimum atomic E-state index is -0.300. The molecule has 1 aliphatic carbocycles. The zero-order valence-corrected chi connectivity index (χ0v) is 10.9. The number of nitrogens with zero attached hydrogens (tertiary/aromatic N) is 1. The van der Waals surface area contributed by atoms with Gasteiger partial charge in [-0.25, -0.2) is 0 Å². The molecule has 4 nitrogen and oxygen atoms in total. The summed E-state index contributed by atoms with van der Waals surface area (Å²) < 4.78 is 0. The van der Waals surface area contributed by atoms with Crippen molar-refractivity contribution in [3.8, 4) is 0 Å². The first kappa shape index (κ1) is 12.4. The van der Waals surface area contributed by atoms with Crippen LogP contribution < -0.4 is 5.32 Å². The summed E-state index contributed by atoms with van der Waals surface area (Å²) in [6.07, 6.45) is 3.57. The summed E-state index contributed by atoms with van der Waals surface area (Å²) in [6, 6.07) is -0.211. The molecule has 0 aromatic rings. The van der Waals surface area contributed by atoms with Gasteiger partial charge in [-0.1, -0.05) is 20.8 Å². The van der Waals surface area contributed by atoms with E-state index in [2.05, 4.69) is 19.2 Å². The highest BCUT2D eigenvalue weighted by atomic mass is 16.2. The van der Waals surface area contributed by atoms with Crippen molar-refractivity contribution in [2.75, 3.05) is 0 Å². The molecule has 1 aliphatic heterocycles. The van der Waals surface area contributed by atoms with Crippen LogP contribution in [0, 0.1) is 5.92 Å². The monoisotopic (exact) mass is 238 g/mol. The third kappa shape index (κ3) is 2.45. The molecule has 1 heterocycles. The van der Waals surface area contributed by atoms with Crippen molar-refractivity contribution < 1.29 is 9.59 Å². The van der Waals surface area contributed by atoms with Crippen LogP contribution >= 0.6 is 0 Å². The van der Waals surface area contributed by atoms with Gasteiger partial charge >= 0.3 is 0 Å². The maximum absolute atomic E-state index is 12.4. The lowest BCUT2D eigenvalue weighted by molar-refractivity contribution is -0.150. The molecule has 2 rings (SSSR count). The highest BCUT2D eigenvalue weighted by Gasteiger charge is 2.46. The quantitative estimate of drug-likeness (QED) is 0.802. The first-order valence-corrected chi connectivity index (χ1v) is 6.67. The smallest absolute Gasteiger partial charge is 0.246 e. The van der Waals surface area contributed by atoms with Crippen molar-refractivity contribution in [1.82, 2.24) is 10.2 Å². The molecule has 17 heavy (non-hydrogen) atoms. The summed E-state index contributed by atoms with van der Waals surface area (Å²) in [5, 5.41) is 2.88. The molecule has 0 aromatic carbocycles. The number of nitrogens with one attached hydrogen (secondary N) is 1. The molecule has 0 spiro atoms. The van der Waals surface area contributed by atoms with Crippen molar-refractivity contribution in [2.24, 2.45) is 5.92 Å². The number of carbonyl (C=O) groups excluding carboxylic acids is 2. The molecule has 2 unspecified atom stereocenters. The van der Waals surface area contributed by atoms with Crippen molar-refractivity contribution in [3.05, 3.63) is 0 Å². The molecule has 4 heteroatoms. The molecule has 1 saturated heterocycles. The van der Waals surface area contributed by atoms with Crippen LogP contribution in [0.1, 0.15) is 46.5 Å². The Balaban J connectivity index is 2.14. The summed E-state index contributed by atoms with van der Waals surface area (Å²) in [5.41, 5.74) is 0. The van der Waals surface area contributed by atoms with Gasteiger partial charge in [0.15, 0.2) is 0 Å². The summed E-state index contributed by atoms with van der Waals surface area (Å²) >= 11 is 0. The van der Waals surface area contributed by atoms with E-state index in [-0.39, 0.29) is 23.9 Å². The topological polar surface area (TPSA) is 49.4 Å². The highest BCUT2D eigenvalue weighted by Crippen LogP contribution is 2.32. The Bertz CT molecular complexity index is 323. The largest absolute Gasteiger partial charge is 0.342 e. The Labute approximate surface area is 103 Å². The first-order valence-electron chi connectivity index (χ1n) is 6.67. The van der Waals surface area contributed by atoms with Crippen molar-refractivity contribution in [2.45, 2.75) is 64.6 Å². The van der Waals surface area contributed by atoms with Gasteiger partial charge in [-0.15, -0.1) is 0 Å². The van der Waals surface area contributed by atoms with Crippen LogP contribution in [-0.2, 0) is 9.59 Å². The number of piperazine rings is 1. The van der Waals surface area contributed by atoms with E-state index in [1.807, 2.05) is 11.8 Å². The van der Waals surface area contributed by atoms with E-state index >= 15 is 0 Å². The molecular weight excluding hydrogens is 216 g/mol. The minimum absolute atomic E-state index is 0.0321. The second kappa shape index (κ2) is 4.67. The van der Waals surface area contributed by atoms with E-state index in [1.54, 1.807) is 0 Å². The lowest BCUT2D eigenvalue weighted by Gasteiger charge is -2.39. The molecular formula is C13H22N2O2. The van der Waals surface area contributed by atoms with Crippen LogP contribution in [0.4, 0.5) is 0 Å². The van der Waals surface area contributed by atoms with Crippen molar-refractivity contribution >= 4 is 11.8 Å². The van der Waals surface area contributed by atoms with Crippen LogP contribution in [0.2, 0.25) is 0 Å². The van der Waals surface area contributed by atoms with Gasteiger partial charge < -0.3 is 10.2 Å². The Morgan fingerprint density at radius 3 is 2.47 bits per heavy atom. The third-order valence-electron chi connectivity index (χ3n) is 3.54. The van der Waals surface area contributed by atoms with Gasteiger partial charge in [0, 0.05) is 6.04 Å². The molecule has 2 fully saturated rings. The SMILES string of the molecule is CCC1C(=O)NC(CC(C)C)C(=O)N1C1CC1. The number of rotatable bonds is 4. The molecule has 1 saturated carbocycles. The standard InChI is InChI=1S/C13H22N2O2/c1-4-11-12(16)14-10(7-8(2)3)13(17)15(11)9-5-6-9/h8-11H,4-7H2,1-3H3,(H,14,16). The fraction of sp³-hybridized carbons (Fsp3) is 0.846. The van der Waals surface area contributed by atoms with Gasteiger partial charge in [0.2, 0.25) is 11.8 Å². The van der Waals surface area contributed by atoms with E-state index in [9.17, 15) is 9.59 Å². The summed E-state index contributed by atoms with van der Waals surface area (Å²) in [4.78, 5) is 26.2. The van der Waals surface area contributed by atoms with Crippen LogP contribution in [0.25, 0.3) is 0 Å². The van der Waals surface area contributed by atoms with Gasteiger partial charge in [0.25, 0.3) is 0 Å². The van der Waals surface area contributed by atoms with Crippen LogP contribution in [0.15, 0.2) is 0 Å². The predicted octanol–water partition coefficient (Wildman–Crippen LogP) is 1.30. The molecule has 1 N–H and O–H groups in total. The first-order chi connectivity index (χ1) is 8.04. The van der Waals surface area contributed by atoms with E-state index in [0.717, 1.165) is 19.3 Å². The molecule has 0 aromatic heterocycles. The summed E-state index contributed by atoms with van der Waals surface area (Å²) in [7, 11) is 0. The Hall–Kier alpha value is -1.06. The van der Waals surface area contributed by atoms with Gasteiger partial charge in [-0.2, -0.15) is 0 Å². The molecule has 96 valence electrons. The maximum atomic E-state index is 12.4. The Kier molecular flexibility index (Phi) is 3.40. The number of hydrogen-bond donors (Lipinski definition) is 1. The lowest BCUT2D eigenvalue weighted by Crippen LogP contribution is -2.63. The van der Waals surface area contributed by atoms with E-state index < -0.39 is 0 Å². The van der Waals surface area contributed by atoms with Crippen molar-refractivity contribution in [3.63, 3.8) is 0 Å². The average Bonchev–Trinajstić information content (AvgIpc) is 3.05. The zero-order valence-electron chi connectivity index (χ0n) is 10.9. The number of carbonyl (C=O) groups is 2. The van der Waals surface area contributed by atoms with Gasteiger partial charge in [0.1, 0.15) is 12.1 Å². The second-order valence-corrected chi connectivity index (χ2v) is 5.59. The van der Waals surface area contributed by atoms with Crippen LogP contribution in [0.5, 0.6) is 0 Å². The van der Waals surface area contributed by atoms with Crippen LogP contribution in [0.3, 0.4) is 0 Å². The molecule has 0 radical (unpaired) electrons. The lowest BCUT2D eigenvalue weighted by atomic mass is 9.97. The molecule has 2 amide bonds. The van der Waals surface area contributed by atoms with Gasteiger partial charge in [-0.3, -0.25) is 9.59 Å². The van der Waals surface area contributed by atoms with E-state index in [4.69, 9.17) is 0 Å². The summed E-state index contributed by atoms with van der Waals surface area (Å²) in [5.74, 6) is 0.584. The third-order valence-corrected chi connectivity index (χ3v) is 3.54. The number of amides is 2. The van der Waals surface area contributed by atoms with Crippen LogP contribution in [-0.4, -0.2) is 34.8 Å². The van der Waals surface area contributed by atoms with Gasteiger partial charge in [-0.05, 0) is 31.6 Å². The Morgan fingerprint density at radius 2 is 2.00 bits per heavy atom. The average molecular weight is 238 g/mol. The second-order valence-electron chi connectivity index (χ2n) is 5.59. The normalized spacial score (nSPS) is 29.8. The number of hydrogen-bond acceptors (Lipinski definition) is 2. The van der Waals surface area contributed by atoms with Gasteiger partial charge in [0.05, 0.1) is 0 Å². The molecule has 2 aliphatic rings. The molecule has 0 bridgehead atoms. The minimum Gasteiger partial charge on any atom is -0.342 e. The van der Waals surface area contributed by atoms with Crippen molar-refractivity contribution in [1.29, 1.82) is 0 Å².